The monoisotopic (exact) mass is 302 g/mol. The lowest BCUT2D eigenvalue weighted by Gasteiger charge is -2.19. The van der Waals surface area contributed by atoms with Crippen LogP contribution >= 0.6 is 0 Å². The maximum absolute atomic E-state index is 12.9. The summed E-state index contributed by atoms with van der Waals surface area (Å²) < 4.78 is 38.7. The van der Waals surface area contributed by atoms with Gasteiger partial charge in [0.1, 0.15) is 6.04 Å². The van der Waals surface area contributed by atoms with Gasteiger partial charge < -0.3 is 10.4 Å². The number of rotatable bonds is 7. The summed E-state index contributed by atoms with van der Waals surface area (Å²) in [5.41, 5.74) is 6.75. The highest BCUT2D eigenvalue weighted by Gasteiger charge is 2.36. The van der Waals surface area contributed by atoms with Crippen molar-refractivity contribution in [1.29, 1.82) is 0 Å². The summed E-state index contributed by atoms with van der Waals surface area (Å²) in [4.78, 5) is 13.7. The minimum atomic E-state index is -4.63. The fourth-order valence-corrected chi connectivity index (χ4v) is 1.78. The summed E-state index contributed by atoms with van der Waals surface area (Å²) in [5, 5.41) is 14.9. The van der Waals surface area contributed by atoms with E-state index in [1.54, 1.807) is 0 Å². The second-order valence-corrected chi connectivity index (χ2v) is 4.12. The SMILES string of the molecule is [N-]=[N+]=NCCCNC(C(=O)O)c1ccccc1C(F)(F)F. The maximum Gasteiger partial charge on any atom is 0.416 e. The Morgan fingerprint density at radius 2 is 2.10 bits per heavy atom. The topological polar surface area (TPSA) is 98.1 Å². The van der Waals surface area contributed by atoms with Gasteiger partial charge in [0.15, 0.2) is 0 Å². The molecule has 0 aliphatic heterocycles. The third-order valence-electron chi connectivity index (χ3n) is 2.67. The molecule has 0 spiro atoms. The Morgan fingerprint density at radius 1 is 1.43 bits per heavy atom. The van der Waals surface area contributed by atoms with Gasteiger partial charge in [-0.25, -0.2) is 0 Å². The van der Waals surface area contributed by atoms with E-state index in [0.29, 0.717) is 6.42 Å². The van der Waals surface area contributed by atoms with Crippen LogP contribution in [0.4, 0.5) is 13.2 Å². The van der Waals surface area contributed by atoms with Crippen molar-refractivity contribution in [1.82, 2.24) is 5.32 Å². The van der Waals surface area contributed by atoms with Crippen LogP contribution in [0.15, 0.2) is 29.4 Å². The van der Waals surface area contributed by atoms with Crippen molar-refractivity contribution in [3.05, 3.63) is 45.8 Å². The molecule has 0 saturated carbocycles. The molecule has 6 nitrogen and oxygen atoms in total. The van der Waals surface area contributed by atoms with Gasteiger partial charge in [-0.1, -0.05) is 23.3 Å². The number of nitrogens with zero attached hydrogens (tertiary/aromatic N) is 3. The average Bonchev–Trinajstić information content (AvgIpc) is 2.41. The molecule has 0 saturated heterocycles. The van der Waals surface area contributed by atoms with Gasteiger partial charge in [0, 0.05) is 11.5 Å². The first-order valence-corrected chi connectivity index (χ1v) is 6.01. The summed E-state index contributed by atoms with van der Waals surface area (Å²) >= 11 is 0. The molecule has 1 unspecified atom stereocenters. The number of aliphatic carboxylic acids is 1. The number of azide groups is 1. The van der Waals surface area contributed by atoms with E-state index in [1.807, 2.05) is 0 Å². The second kappa shape index (κ2) is 7.51. The van der Waals surface area contributed by atoms with E-state index in [2.05, 4.69) is 15.3 Å². The van der Waals surface area contributed by atoms with E-state index < -0.39 is 23.8 Å². The van der Waals surface area contributed by atoms with Crippen LogP contribution in [0.1, 0.15) is 23.6 Å². The Morgan fingerprint density at radius 3 is 2.67 bits per heavy atom. The summed E-state index contributed by atoms with van der Waals surface area (Å²) in [6, 6.07) is 3.04. The molecule has 0 aliphatic rings. The lowest BCUT2D eigenvalue weighted by atomic mass is 9.99. The van der Waals surface area contributed by atoms with E-state index in [0.717, 1.165) is 12.1 Å². The van der Waals surface area contributed by atoms with Gasteiger partial charge in [-0.2, -0.15) is 13.2 Å². The number of benzene rings is 1. The Bertz CT molecular complexity index is 542. The van der Waals surface area contributed by atoms with Gasteiger partial charge in [0.2, 0.25) is 0 Å². The normalized spacial score (nSPS) is 12.5. The van der Waals surface area contributed by atoms with Crippen LogP contribution in [-0.4, -0.2) is 24.2 Å². The lowest BCUT2D eigenvalue weighted by Crippen LogP contribution is -2.31. The molecule has 1 aromatic rings. The molecule has 2 N–H and O–H groups in total. The van der Waals surface area contributed by atoms with Crippen molar-refractivity contribution in [3.8, 4) is 0 Å². The molecule has 9 heteroatoms. The van der Waals surface area contributed by atoms with Gasteiger partial charge in [-0.3, -0.25) is 4.79 Å². The molecule has 0 radical (unpaired) electrons. The van der Waals surface area contributed by atoms with Crippen molar-refractivity contribution in [2.24, 2.45) is 5.11 Å². The molecular weight excluding hydrogens is 289 g/mol. The van der Waals surface area contributed by atoms with E-state index in [4.69, 9.17) is 10.6 Å². The molecule has 1 atom stereocenters. The third-order valence-corrected chi connectivity index (χ3v) is 2.67. The van der Waals surface area contributed by atoms with Crippen molar-refractivity contribution < 1.29 is 23.1 Å². The van der Waals surface area contributed by atoms with Crippen molar-refractivity contribution in [2.75, 3.05) is 13.1 Å². The van der Waals surface area contributed by atoms with Crippen LogP contribution in [0.2, 0.25) is 0 Å². The summed E-state index contributed by atoms with van der Waals surface area (Å²) in [6.45, 7) is 0.249. The molecule has 1 rings (SSSR count). The number of carboxylic acid groups (broad SMARTS) is 1. The van der Waals surface area contributed by atoms with Gasteiger partial charge in [0.25, 0.3) is 0 Å². The Balaban J connectivity index is 2.91. The van der Waals surface area contributed by atoms with E-state index in [9.17, 15) is 18.0 Å². The fraction of sp³-hybridized carbons (Fsp3) is 0.417. The zero-order valence-corrected chi connectivity index (χ0v) is 10.8. The third kappa shape index (κ3) is 4.97. The minimum absolute atomic E-state index is 0.113. The minimum Gasteiger partial charge on any atom is -0.480 e. The second-order valence-electron chi connectivity index (χ2n) is 4.12. The van der Waals surface area contributed by atoms with Gasteiger partial charge >= 0.3 is 12.1 Å². The number of carboxylic acids is 1. The molecule has 0 aromatic heterocycles. The van der Waals surface area contributed by atoms with Crippen molar-refractivity contribution in [3.63, 3.8) is 0 Å². The molecule has 0 heterocycles. The highest BCUT2D eigenvalue weighted by Crippen LogP contribution is 2.34. The van der Waals surface area contributed by atoms with E-state index >= 15 is 0 Å². The first kappa shape index (κ1) is 16.8. The molecule has 21 heavy (non-hydrogen) atoms. The van der Waals surface area contributed by atoms with Crippen LogP contribution in [0.5, 0.6) is 0 Å². The maximum atomic E-state index is 12.9. The molecule has 0 aliphatic carbocycles. The van der Waals surface area contributed by atoms with Gasteiger partial charge in [-0.15, -0.1) is 0 Å². The standard InChI is InChI=1S/C12H13F3N4O2/c13-12(14,15)9-5-2-1-4-8(9)10(11(20)21)17-6-3-7-18-19-16/h1-2,4-5,10,17H,3,6-7H2,(H,20,21). The van der Waals surface area contributed by atoms with Gasteiger partial charge in [0.05, 0.1) is 5.56 Å². The molecule has 114 valence electrons. The Labute approximate surface area is 118 Å². The number of hydrogen-bond acceptors (Lipinski definition) is 3. The number of alkyl halides is 3. The fourth-order valence-electron chi connectivity index (χ4n) is 1.78. The number of hydrogen-bond donors (Lipinski definition) is 2. The van der Waals surface area contributed by atoms with Crippen molar-refractivity contribution >= 4 is 5.97 Å². The number of halogens is 3. The first-order chi connectivity index (χ1) is 9.88. The average molecular weight is 302 g/mol. The predicted molar refractivity (Wildman–Crippen MR) is 68.5 cm³/mol. The summed E-state index contributed by atoms with van der Waals surface area (Å²) in [6.07, 6.45) is -4.31. The van der Waals surface area contributed by atoms with Crippen LogP contribution in [0.25, 0.3) is 10.4 Å². The summed E-state index contributed by atoms with van der Waals surface area (Å²) in [5.74, 6) is -1.41. The highest BCUT2D eigenvalue weighted by molar-refractivity contribution is 5.76. The van der Waals surface area contributed by atoms with Crippen LogP contribution in [-0.2, 0) is 11.0 Å². The highest BCUT2D eigenvalue weighted by atomic mass is 19.4. The zero-order chi connectivity index (χ0) is 15.9. The molecule has 0 fully saturated rings. The van der Waals surface area contributed by atoms with Crippen LogP contribution in [0, 0.1) is 0 Å². The zero-order valence-electron chi connectivity index (χ0n) is 10.8. The molecule has 0 bridgehead atoms. The van der Waals surface area contributed by atoms with E-state index in [1.165, 1.54) is 12.1 Å². The number of nitrogens with one attached hydrogen (secondary N) is 1. The molecular formula is C12H13F3N4O2. The molecule has 0 amide bonds. The van der Waals surface area contributed by atoms with Crippen LogP contribution < -0.4 is 5.32 Å². The Kier molecular flexibility index (Phi) is 6.01. The first-order valence-electron chi connectivity index (χ1n) is 6.01. The molecule has 1 aromatic carbocycles. The lowest BCUT2D eigenvalue weighted by molar-refractivity contribution is -0.142. The summed E-state index contributed by atoms with van der Waals surface area (Å²) in [7, 11) is 0. The van der Waals surface area contributed by atoms with E-state index in [-0.39, 0.29) is 18.7 Å². The largest absolute Gasteiger partial charge is 0.480 e. The number of carbonyl (C=O) groups is 1. The quantitative estimate of drug-likeness (QED) is 0.350. The van der Waals surface area contributed by atoms with Crippen LogP contribution in [0.3, 0.4) is 0 Å². The predicted octanol–water partition coefficient (Wildman–Crippen LogP) is 3.12. The Hall–Kier alpha value is -2.25. The van der Waals surface area contributed by atoms with Crippen molar-refractivity contribution in [2.45, 2.75) is 18.6 Å². The van der Waals surface area contributed by atoms with Gasteiger partial charge in [-0.05, 0) is 30.1 Å². The smallest absolute Gasteiger partial charge is 0.416 e.